The second kappa shape index (κ2) is 6.62. The highest BCUT2D eigenvalue weighted by Crippen LogP contribution is 2.25. The van der Waals surface area contributed by atoms with Crippen LogP contribution in [0.4, 0.5) is 0 Å². The van der Waals surface area contributed by atoms with Crippen molar-refractivity contribution in [3.63, 3.8) is 0 Å². The van der Waals surface area contributed by atoms with Gasteiger partial charge in [-0.15, -0.1) is 0 Å². The fourth-order valence-electron chi connectivity index (χ4n) is 3.36. The highest BCUT2D eigenvalue weighted by Gasteiger charge is 2.31. The maximum absolute atomic E-state index is 12.8. The average Bonchev–Trinajstić information content (AvgIpc) is 2.69. The molecule has 134 valence electrons. The highest BCUT2D eigenvalue weighted by molar-refractivity contribution is 7.89. The lowest BCUT2D eigenvalue weighted by molar-refractivity contribution is 0.262. The summed E-state index contributed by atoms with van der Waals surface area (Å²) in [6.07, 6.45) is 5.83. The smallest absolute Gasteiger partial charge is 0.261 e. The molecule has 1 unspecified atom stereocenters. The van der Waals surface area contributed by atoms with Crippen molar-refractivity contribution < 1.29 is 8.42 Å². The van der Waals surface area contributed by atoms with E-state index in [1.807, 2.05) is 6.07 Å². The van der Waals surface area contributed by atoms with Crippen LogP contribution in [0.25, 0.3) is 10.9 Å². The molecule has 0 N–H and O–H groups in total. The Labute approximate surface area is 151 Å². The monoisotopic (exact) mass is 370 g/mol. The number of piperidine rings is 1. The van der Waals surface area contributed by atoms with E-state index < -0.39 is 10.0 Å². The summed E-state index contributed by atoms with van der Waals surface area (Å²) in [6, 6.07) is 10.1. The lowest BCUT2D eigenvalue weighted by atomic mass is 10.1. The van der Waals surface area contributed by atoms with Gasteiger partial charge in [-0.05, 0) is 37.1 Å². The van der Waals surface area contributed by atoms with E-state index in [1.165, 1.54) is 22.9 Å². The van der Waals surface area contributed by atoms with Gasteiger partial charge in [-0.3, -0.25) is 14.3 Å². The van der Waals surface area contributed by atoms with Crippen LogP contribution in [0, 0.1) is 0 Å². The van der Waals surface area contributed by atoms with E-state index in [-0.39, 0.29) is 23.0 Å². The predicted octanol–water partition coefficient (Wildman–Crippen LogP) is 1.82. The number of hydrogen-bond donors (Lipinski definition) is 0. The number of para-hydroxylation sites is 1. The van der Waals surface area contributed by atoms with E-state index in [4.69, 9.17) is 0 Å². The average molecular weight is 370 g/mol. The molecule has 8 heteroatoms. The first-order chi connectivity index (χ1) is 12.6. The molecule has 1 atom stereocenters. The Bertz CT molecular complexity index is 1100. The van der Waals surface area contributed by atoms with Crippen LogP contribution < -0.4 is 5.56 Å². The number of hydrogen-bond acceptors (Lipinski definition) is 5. The lowest BCUT2D eigenvalue weighted by Gasteiger charge is -2.32. The molecule has 0 aliphatic carbocycles. The maximum atomic E-state index is 12.8. The summed E-state index contributed by atoms with van der Waals surface area (Å²) in [5.41, 5.74) is 0.505. The molecule has 1 fully saturated rings. The zero-order valence-corrected chi connectivity index (χ0v) is 14.8. The maximum Gasteiger partial charge on any atom is 0.261 e. The van der Waals surface area contributed by atoms with Crippen molar-refractivity contribution in [3.8, 4) is 0 Å². The molecule has 26 heavy (non-hydrogen) atoms. The van der Waals surface area contributed by atoms with Gasteiger partial charge >= 0.3 is 0 Å². The molecule has 4 rings (SSSR count). The van der Waals surface area contributed by atoms with Crippen LogP contribution in [0.2, 0.25) is 0 Å². The van der Waals surface area contributed by atoms with Gasteiger partial charge in [0, 0.05) is 25.5 Å². The molecule has 2 aromatic heterocycles. The first-order valence-electron chi connectivity index (χ1n) is 8.43. The molecule has 1 saturated heterocycles. The third-order valence-electron chi connectivity index (χ3n) is 4.72. The molecule has 1 aliphatic heterocycles. The number of nitrogens with zero attached hydrogens (tertiary/aromatic N) is 4. The molecule has 1 aromatic carbocycles. The third-order valence-corrected chi connectivity index (χ3v) is 6.56. The van der Waals surface area contributed by atoms with E-state index in [0.29, 0.717) is 23.9 Å². The Morgan fingerprint density at radius 1 is 1.12 bits per heavy atom. The van der Waals surface area contributed by atoms with E-state index in [2.05, 4.69) is 9.97 Å². The van der Waals surface area contributed by atoms with Crippen LogP contribution >= 0.6 is 0 Å². The van der Waals surface area contributed by atoms with Crippen LogP contribution in [-0.4, -0.2) is 40.3 Å². The van der Waals surface area contributed by atoms with Gasteiger partial charge in [0.05, 0.1) is 23.3 Å². The van der Waals surface area contributed by atoms with Crippen molar-refractivity contribution in [3.05, 3.63) is 65.5 Å². The number of benzene rings is 1. The molecule has 3 aromatic rings. The topological polar surface area (TPSA) is 85.2 Å². The molecular weight excluding hydrogens is 352 g/mol. The van der Waals surface area contributed by atoms with E-state index in [0.717, 1.165) is 6.42 Å². The van der Waals surface area contributed by atoms with Crippen LogP contribution in [0.3, 0.4) is 0 Å². The minimum atomic E-state index is -3.62. The fraction of sp³-hybridized carbons (Fsp3) is 0.278. The molecule has 3 heterocycles. The number of pyridine rings is 1. The lowest BCUT2D eigenvalue weighted by Crippen LogP contribution is -2.42. The number of fused-ring (bicyclic) bond motifs is 1. The number of sulfonamides is 1. The SMILES string of the molecule is O=c1c2ccccc2ncn1C1CCCN(S(=O)(=O)c2cccnc2)C1. The van der Waals surface area contributed by atoms with Crippen LogP contribution in [0.15, 0.2) is 64.8 Å². The largest absolute Gasteiger partial charge is 0.294 e. The summed E-state index contributed by atoms with van der Waals surface area (Å²) < 4.78 is 28.7. The van der Waals surface area contributed by atoms with E-state index in [9.17, 15) is 13.2 Å². The van der Waals surface area contributed by atoms with Crippen molar-refractivity contribution in [2.75, 3.05) is 13.1 Å². The summed E-state index contributed by atoms with van der Waals surface area (Å²) in [5, 5.41) is 0.544. The van der Waals surface area contributed by atoms with Crippen LogP contribution in [0.5, 0.6) is 0 Å². The van der Waals surface area contributed by atoms with Gasteiger partial charge in [0.25, 0.3) is 5.56 Å². The van der Waals surface area contributed by atoms with Crippen molar-refractivity contribution in [2.45, 2.75) is 23.8 Å². The van der Waals surface area contributed by atoms with Gasteiger partial charge in [-0.25, -0.2) is 13.4 Å². The first-order valence-corrected chi connectivity index (χ1v) is 9.87. The fourth-order valence-corrected chi connectivity index (χ4v) is 4.84. The zero-order chi connectivity index (χ0) is 18.1. The standard InChI is InChI=1S/C18H18N4O3S/c23-18-16-7-1-2-8-17(16)20-13-22(18)14-5-4-10-21(12-14)26(24,25)15-6-3-9-19-11-15/h1-3,6-9,11,13-14H,4-5,10,12H2. The summed E-state index contributed by atoms with van der Waals surface area (Å²) in [7, 11) is -3.62. The van der Waals surface area contributed by atoms with Crippen molar-refractivity contribution in [2.24, 2.45) is 0 Å². The van der Waals surface area contributed by atoms with Gasteiger partial charge in [0.15, 0.2) is 0 Å². The van der Waals surface area contributed by atoms with Gasteiger partial charge in [-0.2, -0.15) is 4.31 Å². The first kappa shape index (κ1) is 16.9. The van der Waals surface area contributed by atoms with Crippen LogP contribution in [0.1, 0.15) is 18.9 Å². The summed E-state index contributed by atoms with van der Waals surface area (Å²) >= 11 is 0. The highest BCUT2D eigenvalue weighted by atomic mass is 32.2. The van der Waals surface area contributed by atoms with Crippen molar-refractivity contribution in [1.82, 2.24) is 18.8 Å². The van der Waals surface area contributed by atoms with Gasteiger partial charge in [0.1, 0.15) is 4.90 Å². The zero-order valence-electron chi connectivity index (χ0n) is 14.0. The molecule has 7 nitrogen and oxygen atoms in total. The quantitative estimate of drug-likeness (QED) is 0.702. The Balaban J connectivity index is 1.68. The van der Waals surface area contributed by atoms with Crippen molar-refractivity contribution in [1.29, 1.82) is 0 Å². The Morgan fingerprint density at radius 2 is 1.96 bits per heavy atom. The van der Waals surface area contributed by atoms with E-state index in [1.54, 1.807) is 35.0 Å². The van der Waals surface area contributed by atoms with Gasteiger partial charge < -0.3 is 0 Å². The van der Waals surface area contributed by atoms with Crippen LogP contribution in [-0.2, 0) is 10.0 Å². The van der Waals surface area contributed by atoms with Gasteiger partial charge in [-0.1, -0.05) is 12.1 Å². The predicted molar refractivity (Wildman–Crippen MR) is 97.3 cm³/mol. The van der Waals surface area contributed by atoms with Gasteiger partial charge in [0.2, 0.25) is 10.0 Å². The minimum Gasteiger partial charge on any atom is -0.294 e. The minimum absolute atomic E-state index is 0.138. The normalized spacial score (nSPS) is 18.8. The molecule has 0 saturated carbocycles. The molecule has 0 amide bonds. The number of rotatable bonds is 3. The second-order valence-corrected chi connectivity index (χ2v) is 8.26. The van der Waals surface area contributed by atoms with E-state index >= 15 is 0 Å². The number of aromatic nitrogens is 3. The molecule has 0 bridgehead atoms. The summed E-state index contributed by atoms with van der Waals surface area (Å²) in [6.45, 7) is 0.681. The summed E-state index contributed by atoms with van der Waals surface area (Å²) in [4.78, 5) is 21.2. The molecular formula is C18H18N4O3S. The van der Waals surface area contributed by atoms with Crippen molar-refractivity contribution >= 4 is 20.9 Å². The Hall–Kier alpha value is -2.58. The Morgan fingerprint density at radius 3 is 2.77 bits per heavy atom. The molecule has 1 aliphatic rings. The molecule has 0 spiro atoms. The Kier molecular flexibility index (Phi) is 4.29. The second-order valence-electron chi connectivity index (χ2n) is 6.32. The summed E-state index contributed by atoms with van der Waals surface area (Å²) in [5.74, 6) is 0. The molecule has 0 radical (unpaired) electrons. The third kappa shape index (κ3) is 2.91.